The van der Waals surface area contributed by atoms with Crippen LogP contribution >= 0.6 is 11.6 Å². The van der Waals surface area contributed by atoms with Crippen molar-refractivity contribution in [3.05, 3.63) is 87.8 Å². The fourth-order valence-corrected chi connectivity index (χ4v) is 5.82. The molecule has 9 heteroatoms. The van der Waals surface area contributed by atoms with Gasteiger partial charge in [0.2, 0.25) is 0 Å². The first kappa shape index (κ1) is 25.6. The summed E-state index contributed by atoms with van der Waals surface area (Å²) in [6.45, 7) is 6.00. The maximum atomic E-state index is 13.5. The molecule has 0 bridgehead atoms. The average Bonchev–Trinajstić information content (AvgIpc) is 3.41. The molecule has 5 aromatic rings. The molecule has 1 saturated heterocycles. The molecule has 2 unspecified atom stereocenters. The molecule has 0 spiro atoms. The number of carbonyl (C=O) groups is 1. The number of amides is 1. The monoisotopic (exact) mass is 546 g/mol. The van der Waals surface area contributed by atoms with E-state index < -0.39 is 12.4 Å². The van der Waals surface area contributed by atoms with E-state index in [1.165, 1.54) is 4.90 Å². The average molecular weight is 547 g/mol. The Hall–Kier alpha value is -3.72. The molecule has 1 amide bonds. The summed E-state index contributed by atoms with van der Waals surface area (Å²) in [7, 11) is 0. The Kier molecular flexibility index (Phi) is 6.21. The van der Waals surface area contributed by atoms with Crippen molar-refractivity contribution >= 4 is 39.3 Å². The van der Waals surface area contributed by atoms with E-state index in [9.17, 15) is 14.3 Å². The van der Waals surface area contributed by atoms with Gasteiger partial charge in [-0.05, 0) is 74.4 Å². The van der Waals surface area contributed by atoms with Crippen LogP contribution in [0.4, 0.5) is 4.39 Å². The van der Waals surface area contributed by atoms with Gasteiger partial charge in [0.15, 0.2) is 0 Å². The maximum absolute atomic E-state index is 13.5. The van der Waals surface area contributed by atoms with Gasteiger partial charge in [0.1, 0.15) is 18.2 Å². The summed E-state index contributed by atoms with van der Waals surface area (Å²) in [6, 6.07) is 16.9. The van der Waals surface area contributed by atoms with E-state index in [-0.39, 0.29) is 25.0 Å². The highest BCUT2D eigenvalue weighted by Gasteiger charge is 2.31. The van der Waals surface area contributed by atoms with E-state index in [0.29, 0.717) is 21.9 Å². The van der Waals surface area contributed by atoms with Gasteiger partial charge in [-0.15, -0.1) is 0 Å². The molecular formula is C30H28ClFN4O3. The topological polar surface area (TPSA) is 97.5 Å². The van der Waals surface area contributed by atoms with Crippen molar-refractivity contribution in [1.29, 1.82) is 0 Å². The van der Waals surface area contributed by atoms with Gasteiger partial charge in [0.05, 0.1) is 30.3 Å². The Morgan fingerprint density at radius 1 is 1.13 bits per heavy atom. The lowest BCUT2D eigenvalue weighted by atomic mass is 9.96. The quantitative estimate of drug-likeness (QED) is 0.261. The molecule has 39 heavy (non-hydrogen) atoms. The van der Waals surface area contributed by atoms with Crippen LogP contribution in [0.25, 0.3) is 32.9 Å². The third-order valence-electron chi connectivity index (χ3n) is 7.68. The van der Waals surface area contributed by atoms with Gasteiger partial charge in [-0.1, -0.05) is 28.9 Å². The van der Waals surface area contributed by atoms with E-state index in [0.717, 1.165) is 44.2 Å². The molecule has 1 aliphatic heterocycles. The van der Waals surface area contributed by atoms with Gasteiger partial charge in [-0.25, -0.2) is 4.39 Å². The minimum Gasteiger partial charge on any atom is -0.375 e. The number of hydrogen-bond acceptors (Lipinski definition) is 5. The lowest BCUT2D eigenvalue weighted by Crippen LogP contribution is -2.51. The number of nitrogens with zero attached hydrogens (tertiary/aromatic N) is 3. The van der Waals surface area contributed by atoms with E-state index in [1.54, 1.807) is 6.07 Å². The van der Waals surface area contributed by atoms with E-state index in [1.807, 2.05) is 62.4 Å². The molecule has 3 heterocycles. The highest BCUT2D eigenvalue weighted by atomic mass is 35.5. The molecule has 3 N–H and O–H groups in total. The molecule has 1 aliphatic rings. The highest BCUT2D eigenvalue weighted by molar-refractivity contribution is 6.30. The molecule has 3 aromatic carbocycles. The summed E-state index contributed by atoms with van der Waals surface area (Å²) >= 11 is 6.17. The van der Waals surface area contributed by atoms with Gasteiger partial charge in [-0.3, -0.25) is 4.79 Å². The first-order valence-electron chi connectivity index (χ1n) is 12.8. The Labute approximate surface area is 229 Å². The molecule has 1 fully saturated rings. The number of aliphatic hydroxyl groups excluding tert-OH is 1. The van der Waals surface area contributed by atoms with Crippen molar-refractivity contribution < 1.29 is 18.8 Å². The van der Waals surface area contributed by atoms with Gasteiger partial charge in [0, 0.05) is 38.0 Å². The van der Waals surface area contributed by atoms with Gasteiger partial charge < -0.3 is 24.8 Å². The van der Waals surface area contributed by atoms with Crippen LogP contribution in [0.5, 0.6) is 0 Å². The number of carbonyl (C=O) groups excluding carboxylic acids is 1. The predicted molar refractivity (Wildman–Crippen MR) is 150 cm³/mol. The number of nitrogens with two attached hydrogens (primary N) is 1. The van der Waals surface area contributed by atoms with Crippen LogP contribution in [0, 0.1) is 13.8 Å². The minimum atomic E-state index is -1.28. The summed E-state index contributed by atoms with van der Waals surface area (Å²) in [6.07, 6.45) is -2.26. The summed E-state index contributed by atoms with van der Waals surface area (Å²) in [5.74, 6) is 0.436. The van der Waals surface area contributed by atoms with E-state index >= 15 is 0 Å². The van der Waals surface area contributed by atoms with Crippen LogP contribution in [0.3, 0.4) is 0 Å². The van der Waals surface area contributed by atoms with Crippen molar-refractivity contribution in [2.45, 2.75) is 39.2 Å². The first-order valence-corrected chi connectivity index (χ1v) is 13.2. The molecule has 200 valence electrons. The molecule has 0 aliphatic carbocycles. The SMILES string of the molecule is Cc1noc(C)c1-c1cc(C(N)O)c2c3cc(C(=O)N4CC(F)C4)ccc3n(C(C)c3ccc(Cl)cc3)c2c1. The number of hydrogen-bond donors (Lipinski definition) is 2. The van der Waals surface area contributed by atoms with Crippen LogP contribution in [0.15, 0.2) is 59.1 Å². The number of likely N-dealkylation sites (tertiary alicyclic amines) is 1. The van der Waals surface area contributed by atoms with Crippen LogP contribution in [-0.4, -0.2) is 44.9 Å². The summed E-state index contributed by atoms with van der Waals surface area (Å²) < 4.78 is 21.1. The first-order chi connectivity index (χ1) is 18.6. The second-order valence-electron chi connectivity index (χ2n) is 10.2. The molecule has 2 atom stereocenters. The van der Waals surface area contributed by atoms with Gasteiger partial charge in [-0.2, -0.15) is 0 Å². The number of fused-ring (bicyclic) bond motifs is 3. The van der Waals surface area contributed by atoms with Crippen LogP contribution < -0.4 is 5.73 Å². The molecule has 7 nitrogen and oxygen atoms in total. The number of aromatic nitrogens is 2. The zero-order valence-electron chi connectivity index (χ0n) is 21.8. The number of benzene rings is 3. The van der Waals surface area contributed by atoms with Crippen molar-refractivity contribution in [1.82, 2.24) is 14.6 Å². The van der Waals surface area contributed by atoms with Crippen molar-refractivity contribution in [3.63, 3.8) is 0 Å². The number of aliphatic hydroxyl groups is 1. The number of rotatable bonds is 5. The van der Waals surface area contributed by atoms with Gasteiger partial charge in [0.25, 0.3) is 5.91 Å². The highest BCUT2D eigenvalue weighted by Crippen LogP contribution is 2.41. The third-order valence-corrected chi connectivity index (χ3v) is 7.94. The molecule has 2 aromatic heterocycles. The predicted octanol–water partition coefficient (Wildman–Crippen LogP) is 6.07. The Bertz CT molecular complexity index is 1720. The Morgan fingerprint density at radius 2 is 1.85 bits per heavy atom. The maximum Gasteiger partial charge on any atom is 0.254 e. The standard InChI is InChI=1S/C30H28ClFN4O3/c1-15-27(17(3)39-34-15)20-11-24(29(33)37)28-23-10-19(30(38)35-13-22(32)14-35)6-9-25(23)36(26(28)12-20)16(2)18-4-7-21(31)8-5-18/h4-12,16,22,29,37H,13-14,33H2,1-3H3. The number of halogens is 2. The molecule has 0 radical (unpaired) electrons. The van der Waals surface area contributed by atoms with Crippen molar-refractivity contribution in [3.8, 4) is 11.1 Å². The van der Waals surface area contributed by atoms with E-state index in [2.05, 4.69) is 16.6 Å². The summed E-state index contributed by atoms with van der Waals surface area (Å²) in [5.41, 5.74) is 12.2. The largest absolute Gasteiger partial charge is 0.375 e. The Morgan fingerprint density at radius 3 is 2.46 bits per heavy atom. The number of alkyl halides is 1. The second-order valence-corrected chi connectivity index (χ2v) is 10.7. The van der Waals surface area contributed by atoms with Crippen LogP contribution in [-0.2, 0) is 0 Å². The fraction of sp³-hybridized carbons (Fsp3) is 0.267. The van der Waals surface area contributed by atoms with E-state index in [4.69, 9.17) is 21.9 Å². The smallest absolute Gasteiger partial charge is 0.254 e. The molecule has 0 saturated carbocycles. The minimum absolute atomic E-state index is 0.0970. The zero-order valence-corrected chi connectivity index (χ0v) is 22.5. The summed E-state index contributed by atoms with van der Waals surface area (Å²) in [5, 5.41) is 17.1. The zero-order chi connectivity index (χ0) is 27.6. The van der Waals surface area contributed by atoms with Crippen LogP contribution in [0.1, 0.15) is 52.1 Å². The lowest BCUT2D eigenvalue weighted by molar-refractivity contribution is 0.0400. The van der Waals surface area contributed by atoms with Gasteiger partial charge >= 0.3 is 0 Å². The van der Waals surface area contributed by atoms with Crippen molar-refractivity contribution in [2.75, 3.05) is 13.1 Å². The summed E-state index contributed by atoms with van der Waals surface area (Å²) in [4.78, 5) is 14.6. The lowest BCUT2D eigenvalue weighted by Gasteiger charge is -2.34. The molecule has 6 rings (SSSR count). The van der Waals surface area contributed by atoms with Crippen LogP contribution in [0.2, 0.25) is 5.02 Å². The number of aryl methyl sites for hydroxylation is 2. The Balaban J connectivity index is 1.66. The normalized spacial score (nSPS) is 15.6. The second kappa shape index (κ2) is 9.48. The third kappa shape index (κ3) is 4.19. The van der Waals surface area contributed by atoms with Crippen molar-refractivity contribution in [2.24, 2.45) is 5.73 Å². The fourth-order valence-electron chi connectivity index (χ4n) is 5.69. The molecular weight excluding hydrogens is 519 g/mol.